The standard InChI is InChI=1S/C28H33BrN2O4S/c1-18(2)25-16-26(20(4)14-27(25)35-6)21(5)30-28(32)17-31(23-9-7-8-22(29)15-23)36(33,34)24-12-10-19(3)11-13-24/h7-16,18,21H,17H2,1-6H3,(H,30,32)/t21-/m1/s1. The summed E-state index contributed by atoms with van der Waals surface area (Å²) < 4.78 is 34.6. The van der Waals surface area contributed by atoms with Crippen LogP contribution >= 0.6 is 15.9 Å². The Hall–Kier alpha value is -2.84. The minimum absolute atomic E-state index is 0.126. The third kappa shape index (κ3) is 6.28. The van der Waals surface area contributed by atoms with Crippen LogP contribution in [-0.4, -0.2) is 28.0 Å². The van der Waals surface area contributed by atoms with Crippen LogP contribution in [0.1, 0.15) is 55.0 Å². The molecule has 0 aromatic heterocycles. The Morgan fingerprint density at radius 1 is 1.00 bits per heavy atom. The molecule has 1 N–H and O–H groups in total. The number of nitrogens with zero attached hydrogens (tertiary/aromatic N) is 1. The number of carbonyl (C=O) groups is 1. The molecule has 0 spiro atoms. The van der Waals surface area contributed by atoms with Crippen LogP contribution in [0.15, 0.2) is 70.0 Å². The van der Waals surface area contributed by atoms with Crippen molar-refractivity contribution in [3.05, 3.63) is 87.4 Å². The second kappa shape index (κ2) is 11.5. The van der Waals surface area contributed by atoms with Gasteiger partial charge in [-0.2, -0.15) is 0 Å². The van der Waals surface area contributed by atoms with Crippen molar-refractivity contribution >= 4 is 37.5 Å². The molecule has 0 aliphatic rings. The van der Waals surface area contributed by atoms with Gasteiger partial charge >= 0.3 is 0 Å². The molecule has 8 heteroatoms. The molecule has 0 radical (unpaired) electrons. The summed E-state index contributed by atoms with van der Waals surface area (Å²) in [5, 5.41) is 2.99. The van der Waals surface area contributed by atoms with Gasteiger partial charge in [0, 0.05) is 4.47 Å². The molecule has 0 saturated carbocycles. The van der Waals surface area contributed by atoms with Gasteiger partial charge in [-0.25, -0.2) is 8.42 Å². The SMILES string of the molecule is COc1cc(C)c([C@@H](C)NC(=O)CN(c2cccc(Br)c2)S(=O)(=O)c2ccc(C)cc2)cc1C(C)C. The number of methoxy groups -OCH3 is 1. The molecular formula is C28H33BrN2O4S. The van der Waals surface area contributed by atoms with Gasteiger partial charge in [-0.05, 0) is 85.8 Å². The number of sulfonamides is 1. The summed E-state index contributed by atoms with van der Waals surface area (Å²) in [5.74, 6) is 0.656. The molecule has 0 saturated heterocycles. The van der Waals surface area contributed by atoms with E-state index in [0.29, 0.717) is 10.2 Å². The predicted octanol–water partition coefficient (Wildman–Crippen LogP) is 6.27. The number of ether oxygens (including phenoxy) is 1. The first-order valence-corrected chi connectivity index (χ1v) is 14.0. The quantitative estimate of drug-likeness (QED) is 0.328. The molecule has 3 aromatic rings. The van der Waals surface area contributed by atoms with Crippen molar-refractivity contribution in [2.24, 2.45) is 0 Å². The normalized spacial score (nSPS) is 12.3. The van der Waals surface area contributed by atoms with E-state index in [0.717, 1.165) is 32.3 Å². The van der Waals surface area contributed by atoms with Crippen LogP contribution in [0.5, 0.6) is 5.75 Å². The molecule has 0 aliphatic carbocycles. The highest BCUT2D eigenvalue weighted by Crippen LogP contribution is 2.32. The van der Waals surface area contributed by atoms with Crippen LogP contribution in [0.3, 0.4) is 0 Å². The van der Waals surface area contributed by atoms with E-state index in [2.05, 4.69) is 41.2 Å². The average molecular weight is 574 g/mol. The molecule has 192 valence electrons. The van der Waals surface area contributed by atoms with E-state index in [1.54, 1.807) is 55.6 Å². The summed E-state index contributed by atoms with van der Waals surface area (Å²) in [4.78, 5) is 13.4. The molecule has 3 rings (SSSR count). The number of hydrogen-bond donors (Lipinski definition) is 1. The molecule has 6 nitrogen and oxygen atoms in total. The average Bonchev–Trinajstić information content (AvgIpc) is 2.82. The Kier molecular flexibility index (Phi) is 8.84. The van der Waals surface area contributed by atoms with Gasteiger partial charge in [0.1, 0.15) is 12.3 Å². The summed E-state index contributed by atoms with van der Waals surface area (Å²) in [6.45, 7) is 9.58. The monoisotopic (exact) mass is 572 g/mol. The minimum atomic E-state index is -3.98. The third-order valence-electron chi connectivity index (χ3n) is 6.08. The van der Waals surface area contributed by atoms with E-state index in [-0.39, 0.29) is 23.4 Å². The van der Waals surface area contributed by atoms with Crippen LogP contribution in [0.25, 0.3) is 0 Å². The summed E-state index contributed by atoms with van der Waals surface area (Å²) in [6, 6.07) is 17.2. The molecule has 3 aromatic carbocycles. The second-order valence-electron chi connectivity index (χ2n) is 9.20. The molecular weight excluding hydrogens is 540 g/mol. The highest BCUT2D eigenvalue weighted by Gasteiger charge is 2.28. The van der Waals surface area contributed by atoms with Gasteiger partial charge < -0.3 is 10.1 Å². The summed E-state index contributed by atoms with van der Waals surface area (Å²) in [5.41, 5.74) is 4.35. The van der Waals surface area contributed by atoms with Crippen molar-refractivity contribution in [1.29, 1.82) is 0 Å². The molecule has 0 aliphatic heterocycles. The van der Waals surface area contributed by atoms with Crippen molar-refractivity contribution < 1.29 is 17.9 Å². The van der Waals surface area contributed by atoms with Crippen LogP contribution in [0.4, 0.5) is 5.69 Å². The minimum Gasteiger partial charge on any atom is -0.496 e. The zero-order chi connectivity index (χ0) is 26.6. The lowest BCUT2D eigenvalue weighted by Crippen LogP contribution is -2.41. The van der Waals surface area contributed by atoms with E-state index < -0.39 is 15.9 Å². The van der Waals surface area contributed by atoms with Crippen molar-refractivity contribution in [3.63, 3.8) is 0 Å². The lowest BCUT2D eigenvalue weighted by atomic mass is 9.93. The fourth-order valence-electron chi connectivity index (χ4n) is 4.09. The van der Waals surface area contributed by atoms with Crippen molar-refractivity contribution in [3.8, 4) is 5.75 Å². The fraction of sp³-hybridized carbons (Fsp3) is 0.321. The van der Waals surface area contributed by atoms with E-state index in [9.17, 15) is 13.2 Å². The van der Waals surface area contributed by atoms with Crippen LogP contribution in [0, 0.1) is 13.8 Å². The van der Waals surface area contributed by atoms with Crippen molar-refractivity contribution in [1.82, 2.24) is 5.32 Å². The summed E-state index contributed by atoms with van der Waals surface area (Å²) >= 11 is 3.41. The van der Waals surface area contributed by atoms with Gasteiger partial charge in [-0.3, -0.25) is 9.10 Å². The molecule has 0 bridgehead atoms. The lowest BCUT2D eigenvalue weighted by Gasteiger charge is -2.26. The maximum absolute atomic E-state index is 13.6. The Labute approximate surface area is 222 Å². The number of rotatable bonds is 9. The summed E-state index contributed by atoms with van der Waals surface area (Å²) in [7, 11) is -2.33. The van der Waals surface area contributed by atoms with Gasteiger partial charge in [-0.1, -0.05) is 53.5 Å². The van der Waals surface area contributed by atoms with Gasteiger partial charge in [-0.15, -0.1) is 0 Å². The smallest absolute Gasteiger partial charge is 0.264 e. The first-order valence-electron chi connectivity index (χ1n) is 11.8. The molecule has 0 unspecified atom stereocenters. The van der Waals surface area contributed by atoms with Crippen LogP contribution in [0.2, 0.25) is 0 Å². The first kappa shape index (κ1) is 27.7. The number of benzene rings is 3. The number of halogens is 1. The van der Waals surface area contributed by atoms with E-state index in [1.165, 1.54) is 0 Å². The Morgan fingerprint density at radius 2 is 1.67 bits per heavy atom. The van der Waals surface area contributed by atoms with Crippen molar-refractivity contribution in [2.45, 2.75) is 51.5 Å². The van der Waals surface area contributed by atoms with E-state index >= 15 is 0 Å². The maximum atomic E-state index is 13.6. The topological polar surface area (TPSA) is 75.7 Å². The Balaban J connectivity index is 1.92. The Bertz CT molecular complexity index is 1340. The highest BCUT2D eigenvalue weighted by atomic mass is 79.9. The maximum Gasteiger partial charge on any atom is 0.264 e. The zero-order valence-electron chi connectivity index (χ0n) is 21.5. The number of anilines is 1. The van der Waals surface area contributed by atoms with Gasteiger partial charge in [0.2, 0.25) is 5.91 Å². The van der Waals surface area contributed by atoms with Gasteiger partial charge in [0.25, 0.3) is 10.0 Å². The van der Waals surface area contributed by atoms with Crippen LogP contribution in [-0.2, 0) is 14.8 Å². The van der Waals surface area contributed by atoms with Crippen molar-refractivity contribution in [2.75, 3.05) is 18.0 Å². The summed E-state index contributed by atoms with van der Waals surface area (Å²) in [6.07, 6.45) is 0. The number of hydrogen-bond acceptors (Lipinski definition) is 4. The molecule has 0 heterocycles. The number of amides is 1. The number of aryl methyl sites for hydroxylation is 2. The second-order valence-corrected chi connectivity index (χ2v) is 12.0. The largest absolute Gasteiger partial charge is 0.496 e. The third-order valence-corrected chi connectivity index (χ3v) is 8.36. The molecule has 1 atom stereocenters. The molecule has 36 heavy (non-hydrogen) atoms. The Morgan fingerprint density at radius 3 is 2.25 bits per heavy atom. The lowest BCUT2D eigenvalue weighted by molar-refractivity contribution is -0.120. The molecule has 0 fully saturated rings. The number of carbonyl (C=O) groups excluding carboxylic acids is 1. The number of nitrogens with one attached hydrogen (secondary N) is 1. The first-order chi connectivity index (χ1) is 16.9. The van der Waals surface area contributed by atoms with E-state index in [4.69, 9.17) is 4.74 Å². The highest BCUT2D eigenvalue weighted by molar-refractivity contribution is 9.10. The van der Waals surface area contributed by atoms with E-state index in [1.807, 2.05) is 26.8 Å². The van der Waals surface area contributed by atoms with Gasteiger partial charge in [0.15, 0.2) is 0 Å². The van der Waals surface area contributed by atoms with Crippen LogP contribution < -0.4 is 14.4 Å². The molecule has 1 amide bonds. The zero-order valence-corrected chi connectivity index (χ0v) is 23.9. The fourth-order valence-corrected chi connectivity index (χ4v) is 5.89. The predicted molar refractivity (Wildman–Crippen MR) is 148 cm³/mol. The van der Waals surface area contributed by atoms with Gasteiger partial charge in [0.05, 0.1) is 23.7 Å².